The third kappa shape index (κ3) is 27.3. The van der Waals surface area contributed by atoms with Gasteiger partial charge in [0.2, 0.25) is 17.7 Å². The molecule has 0 spiro atoms. The number of carbonyl (C=O) groups excluding carboxylic acids is 9. The SMILES string of the molecule is CCC(=O)CNC(=O)[C@H](CCc1ccccc1)NC(=O)c1cc(-c2c(OC)cccc2OC)n(C(C)C(C)C)n1.CCC(=O)CNC(=O)[C@H](CCc1ccccc1)NC(=O)c1cc(-c2c(OC)cccc2OC)n(CC(C)CC)n1.CCC(=O)CNC(=O)[C@H](CCc1ccccc1)NC(=O)c1cc(-c2c(OC)cccc2OC)n(CC(C)CC)n1. The predicted molar refractivity (Wildman–Crippen MR) is 464 cm³/mol. The number of hydrogen-bond donors (Lipinski definition) is 6. The fourth-order valence-electron chi connectivity index (χ4n) is 12.9. The maximum Gasteiger partial charge on any atom is 0.272 e. The minimum Gasteiger partial charge on any atom is -0.496 e. The standard InChI is InChI=1S/3C31H40N4O5/c1-7-23(36)19-32-30(37)24(17-16-22-12-9-8-10-13-22)33-31(38)25-18-26(35(34-25)21(4)20(2)3)29-27(39-5)14-11-15-28(29)40-6;2*1-6-21(3)20-35-26(29-27(39-4)14-11-15-28(29)40-5)18-25(34-35)31(38)33-24(30(37)32-19-23(36)7-2)17-16-22-12-9-8-10-13-22/h8-15,18,20-21,24H,7,16-17,19H2,1-6H3,(H,32,37)(H,33,38);2*8-15,18,21,24H,6-7,16-17,19-20H2,1-5H3,(H,32,37)(H,33,38)/t3*21?,24-/m000/s1. The van der Waals surface area contributed by atoms with Gasteiger partial charge >= 0.3 is 0 Å². The van der Waals surface area contributed by atoms with Gasteiger partial charge in [0, 0.05) is 32.4 Å². The zero-order valence-electron chi connectivity index (χ0n) is 72.3. The first kappa shape index (κ1) is 94.7. The van der Waals surface area contributed by atoms with Crippen LogP contribution in [-0.2, 0) is 61.1 Å². The van der Waals surface area contributed by atoms with Gasteiger partial charge in [-0.15, -0.1) is 0 Å². The van der Waals surface area contributed by atoms with Crippen molar-refractivity contribution in [3.63, 3.8) is 0 Å². The highest BCUT2D eigenvalue weighted by molar-refractivity contribution is 6.00. The van der Waals surface area contributed by atoms with Gasteiger partial charge < -0.3 is 60.3 Å². The topological polar surface area (TPSA) is 335 Å². The fraction of sp³-hybridized carbons (Fsp3) is 0.419. The van der Waals surface area contributed by atoms with Gasteiger partial charge in [-0.2, -0.15) is 15.3 Å². The van der Waals surface area contributed by atoms with E-state index in [1.807, 2.05) is 153 Å². The van der Waals surface area contributed by atoms with Crippen LogP contribution in [0.25, 0.3) is 33.8 Å². The molecule has 0 bridgehead atoms. The van der Waals surface area contributed by atoms with Gasteiger partial charge in [-0.1, -0.05) is 184 Å². The summed E-state index contributed by atoms with van der Waals surface area (Å²) < 4.78 is 39.1. The molecule has 3 unspecified atom stereocenters. The van der Waals surface area contributed by atoms with Crippen LogP contribution in [0.15, 0.2) is 164 Å². The van der Waals surface area contributed by atoms with E-state index in [1.165, 1.54) is 0 Å². The van der Waals surface area contributed by atoms with E-state index in [0.29, 0.717) is 151 Å². The highest BCUT2D eigenvalue weighted by Gasteiger charge is 2.32. The molecule has 0 saturated carbocycles. The number of amides is 6. The normalized spacial score (nSPS) is 12.4. The summed E-state index contributed by atoms with van der Waals surface area (Å²) in [4.78, 5) is 115. The van der Waals surface area contributed by atoms with Crippen LogP contribution in [0.3, 0.4) is 0 Å². The van der Waals surface area contributed by atoms with Crippen LogP contribution in [0.1, 0.15) is 175 Å². The third-order valence-corrected chi connectivity index (χ3v) is 20.9. The molecule has 6 aromatic carbocycles. The zero-order chi connectivity index (χ0) is 87.4. The Morgan fingerprint density at radius 1 is 0.350 bits per heavy atom. The molecule has 9 rings (SSSR count). The van der Waals surface area contributed by atoms with Gasteiger partial charge in [0.15, 0.2) is 34.4 Å². The van der Waals surface area contributed by atoms with Crippen LogP contribution in [-0.4, -0.2) is 163 Å². The van der Waals surface area contributed by atoms with Crippen LogP contribution < -0.4 is 60.3 Å². The van der Waals surface area contributed by atoms with Gasteiger partial charge in [-0.3, -0.25) is 57.2 Å². The Balaban J connectivity index is 0.000000248. The van der Waals surface area contributed by atoms with E-state index in [2.05, 4.69) is 88.7 Å². The van der Waals surface area contributed by atoms with Crippen molar-refractivity contribution in [1.82, 2.24) is 61.2 Å². The molecule has 0 aliphatic carbocycles. The van der Waals surface area contributed by atoms with E-state index in [1.54, 1.807) is 95.7 Å². The van der Waals surface area contributed by atoms with Crippen LogP contribution in [0, 0.1) is 17.8 Å². The quantitative estimate of drug-likeness (QED) is 0.0207. The number of hydrogen-bond acceptors (Lipinski definition) is 18. The first-order valence-corrected chi connectivity index (χ1v) is 41.1. The van der Waals surface area contributed by atoms with Crippen molar-refractivity contribution < 1.29 is 71.6 Å². The van der Waals surface area contributed by atoms with Crippen molar-refractivity contribution in [2.45, 2.75) is 177 Å². The summed E-state index contributed by atoms with van der Waals surface area (Å²) in [6.07, 6.45) is 5.65. The molecule has 3 aromatic heterocycles. The maximum atomic E-state index is 13.6. The molecule has 6 N–H and O–H groups in total. The molecule has 642 valence electrons. The summed E-state index contributed by atoms with van der Waals surface area (Å²) in [6, 6.07) is 48.2. The average molecular weight is 1650 g/mol. The van der Waals surface area contributed by atoms with Gasteiger partial charge in [-0.25, -0.2) is 0 Å². The number of Topliss-reactive ketones (excluding diaryl/α,β-unsaturated/α-hetero) is 3. The Labute approximate surface area is 705 Å². The molecule has 0 aliphatic rings. The summed E-state index contributed by atoms with van der Waals surface area (Å²) in [7, 11) is 9.50. The van der Waals surface area contributed by atoms with E-state index in [0.717, 1.165) is 29.5 Å². The van der Waals surface area contributed by atoms with Crippen LogP contribution >= 0.6 is 0 Å². The lowest BCUT2D eigenvalue weighted by molar-refractivity contribution is -0.126. The molecule has 27 heteroatoms. The molecular weight excluding hydrogens is 1530 g/mol. The molecule has 0 aliphatic heterocycles. The number of rotatable bonds is 44. The monoisotopic (exact) mass is 1640 g/mol. The minimum absolute atomic E-state index is 0.0524. The molecule has 0 saturated heterocycles. The molecule has 0 radical (unpaired) electrons. The lowest BCUT2D eigenvalue weighted by Gasteiger charge is -2.21. The van der Waals surface area contributed by atoms with Crippen molar-refractivity contribution in [3.05, 3.63) is 198 Å². The Morgan fingerprint density at radius 3 is 0.875 bits per heavy atom. The molecule has 0 fully saturated rings. The molecular formula is C93H120N12O15. The average Bonchev–Trinajstić information content (AvgIpc) is 1.62. The lowest BCUT2D eigenvalue weighted by Crippen LogP contribution is -2.48. The van der Waals surface area contributed by atoms with Gasteiger partial charge in [0.1, 0.15) is 52.6 Å². The highest BCUT2D eigenvalue weighted by Crippen LogP contribution is 2.43. The molecule has 9 aromatic rings. The van der Waals surface area contributed by atoms with Crippen LogP contribution in [0.4, 0.5) is 0 Å². The summed E-state index contributed by atoms with van der Waals surface area (Å²) in [5, 5.41) is 30.6. The Bertz CT molecular complexity index is 4560. The molecule has 120 heavy (non-hydrogen) atoms. The first-order valence-electron chi connectivity index (χ1n) is 41.1. The number of carbonyl (C=O) groups is 9. The predicted octanol–water partition coefficient (Wildman–Crippen LogP) is 13.5. The second-order valence-corrected chi connectivity index (χ2v) is 29.7. The van der Waals surface area contributed by atoms with E-state index < -0.39 is 53.6 Å². The molecule has 27 nitrogen and oxygen atoms in total. The van der Waals surface area contributed by atoms with E-state index in [9.17, 15) is 43.2 Å². The largest absolute Gasteiger partial charge is 0.496 e. The van der Waals surface area contributed by atoms with Crippen LogP contribution in [0.2, 0.25) is 0 Å². The number of aryl methyl sites for hydroxylation is 3. The second-order valence-electron chi connectivity index (χ2n) is 29.7. The first-order chi connectivity index (χ1) is 57.8. The lowest BCUT2D eigenvalue weighted by atomic mass is 10.0. The van der Waals surface area contributed by atoms with Gasteiger partial charge in [0.25, 0.3) is 17.7 Å². The number of benzene rings is 6. The van der Waals surface area contributed by atoms with Crippen molar-refractivity contribution in [1.29, 1.82) is 0 Å². The number of nitrogens with one attached hydrogen (secondary N) is 6. The Hall–Kier alpha value is -12.4. The van der Waals surface area contributed by atoms with Gasteiger partial charge in [-0.05, 0) is 134 Å². The minimum atomic E-state index is -0.853. The number of aromatic nitrogens is 6. The van der Waals surface area contributed by atoms with E-state index in [-0.39, 0.29) is 66.0 Å². The molecule has 3 heterocycles. The molecule has 6 amide bonds. The Morgan fingerprint density at radius 2 is 0.617 bits per heavy atom. The third-order valence-electron chi connectivity index (χ3n) is 20.9. The number of nitrogens with zero attached hydrogens (tertiary/aromatic N) is 6. The summed E-state index contributed by atoms with van der Waals surface area (Å²) >= 11 is 0. The van der Waals surface area contributed by atoms with Crippen molar-refractivity contribution in [2.24, 2.45) is 17.8 Å². The molecule has 6 atom stereocenters. The van der Waals surface area contributed by atoms with Gasteiger partial charge in [0.05, 0.1) is 102 Å². The summed E-state index contributed by atoms with van der Waals surface area (Å²) in [5.74, 6) is 1.46. The Kier molecular flexibility index (Phi) is 38.3. The number of ketones is 3. The number of methoxy groups -OCH3 is 6. The fourth-order valence-corrected chi connectivity index (χ4v) is 12.9. The van der Waals surface area contributed by atoms with E-state index in [4.69, 9.17) is 28.4 Å². The highest BCUT2D eigenvalue weighted by atomic mass is 16.5. The zero-order valence-corrected chi connectivity index (χ0v) is 72.3. The summed E-state index contributed by atoms with van der Waals surface area (Å²) in [5.41, 5.74) is 7.74. The van der Waals surface area contributed by atoms with Crippen molar-refractivity contribution in [2.75, 3.05) is 62.3 Å². The number of ether oxygens (including phenoxy) is 6. The van der Waals surface area contributed by atoms with Crippen LogP contribution in [0.5, 0.6) is 34.5 Å². The second kappa shape index (κ2) is 48.5. The van der Waals surface area contributed by atoms with E-state index >= 15 is 0 Å². The van der Waals surface area contributed by atoms with Crippen molar-refractivity contribution >= 4 is 52.8 Å². The summed E-state index contributed by atoms with van der Waals surface area (Å²) in [6.45, 7) is 20.8. The van der Waals surface area contributed by atoms with Crippen molar-refractivity contribution in [3.8, 4) is 68.3 Å². The maximum absolute atomic E-state index is 13.6. The smallest absolute Gasteiger partial charge is 0.272 e.